The van der Waals surface area contributed by atoms with Gasteiger partial charge >= 0.3 is 11.8 Å². The fourth-order valence-electron chi connectivity index (χ4n) is 3.31. The SMILES string of the molecule is CC(C)(C)CN1C(=O)C(=O)NC[C@H]1Cc1cccc2ccccc12. The third kappa shape index (κ3) is 3.42. The third-order valence-electron chi connectivity index (χ3n) is 4.37. The number of nitrogens with zero attached hydrogens (tertiary/aromatic N) is 1. The zero-order valence-electron chi connectivity index (χ0n) is 14.5. The minimum absolute atomic E-state index is 0.0137. The summed E-state index contributed by atoms with van der Waals surface area (Å²) in [6.07, 6.45) is 0.740. The summed E-state index contributed by atoms with van der Waals surface area (Å²) >= 11 is 0. The molecule has 4 heteroatoms. The summed E-state index contributed by atoms with van der Waals surface area (Å²) in [6.45, 7) is 7.34. The first-order valence-corrected chi connectivity index (χ1v) is 8.40. The van der Waals surface area contributed by atoms with Gasteiger partial charge in [-0.1, -0.05) is 63.2 Å². The highest BCUT2D eigenvalue weighted by Crippen LogP contribution is 2.24. The average molecular weight is 324 g/mol. The van der Waals surface area contributed by atoms with Crippen molar-refractivity contribution in [3.05, 3.63) is 48.0 Å². The van der Waals surface area contributed by atoms with E-state index in [9.17, 15) is 9.59 Å². The second-order valence-corrected chi connectivity index (χ2v) is 7.70. The predicted molar refractivity (Wildman–Crippen MR) is 95.6 cm³/mol. The van der Waals surface area contributed by atoms with Gasteiger partial charge in [-0.2, -0.15) is 0 Å². The Morgan fingerprint density at radius 1 is 1.08 bits per heavy atom. The minimum Gasteiger partial charge on any atom is -0.346 e. The molecule has 0 aromatic heterocycles. The van der Waals surface area contributed by atoms with Crippen LogP contribution in [0, 0.1) is 5.41 Å². The number of amides is 2. The van der Waals surface area contributed by atoms with E-state index < -0.39 is 11.8 Å². The molecular formula is C20H24N2O2. The fraction of sp³-hybridized carbons (Fsp3) is 0.400. The summed E-state index contributed by atoms with van der Waals surface area (Å²) in [5.41, 5.74) is 1.16. The number of carbonyl (C=O) groups excluding carboxylic acids is 2. The van der Waals surface area contributed by atoms with E-state index in [-0.39, 0.29) is 11.5 Å². The molecule has 3 rings (SSSR count). The number of hydrogen-bond acceptors (Lipinski definition) is 2. The summed E-state index contributed by atoms with van der Waals surface area (Å²) in [5, 5.41) is 5.14. The molecule has 1 fully saturated rings. The lowest BCUT2D eigenvalue weighted by atomic mass is 9.92. The number of piperazine rings is 1. The van der Waals surface area contributed by atoms with Crippen LogP contribution in [0.1, 0.15) is 26.3 Å². The molecule has 2 amide bonds. The summed E-state index contributed by atoms with van der Waals surface area (Å²) in [7, 11) is 0. The predicted octanol–water partition coefficient (Wildman–Crippen LogP) is 2.76. The van der Waals surface area contributed by atoms with Crippen LogP contribution in [0.15, 0.2) is 42.5 Å². The van der Waals surface area contributed by atoms with Crippen molar-refractivity contribution in [2.75, 3.05) is 13.1 Å². The van der Waals surface area contributed by atoms with Crippen LogP contribution in [0.3, 0.4) is 0 Å². The molecule has 0 aliphatic carbocycles. The topological polar surface area (TPSA) is 49.4 Å². The van der Waals surface area contributed by atoms with Gasteiger partial charge in [0.25, 0.3) is 0 Å². The summed E-state index contributed by atoms with van der Waals surface area (Å²) in [5.74, 6) is -0.908. The molecule has 24 heavy (non-hydrogen) atoms. The van der Waals surface area contributed by atoms with Crippen LogP contribution < -0.4 is 5.32 Å². The normalized spacial score (nSPS) is 18.8. The molecule has 2 aromatic rings. The van der Waals surface area contributed by atoms with Gasteiger partial charge in [-0.15, -0.1) is 0 Å². The van der Waals surface area contributed by atoms with Gasteiger partial charge in [0.05, 0.1) is 6.04 Å². The van der Waals surface area contributed by atoms with Crippen LogP contribution in [0.2, 0.25) is 0 Å². The molecule has 0 unspecified atom stereocenters. The van der Waals surface area contributed by atoms with Gasteiger partial charge in [-0.25, -0.2) is 0 Å². The Labute approximate surface area is 142 Å². The molecule has 1 aliphatic heterocycles. The van der Waals surface area contributed by atoms with E-state index in [0.717, 1.165) is 6.42 Å². The minimum atomic E-state index is -0.492. The number of rotatable bonds is 3. The van der Waals surface area contributed by atoms with Crippen molar-refractivity contribution in [1.82, 2.24) is 10.2 Å². The lowest BCUT2D eigenvalue weighted by Crippen LogP contribution is -2.60. The molecule has 0 spiro atoms. The molecule has 4 nitrogen and oxygen atoms in total. The molecule has 1 saturated heterocycles. The zero-order chi connectivity index (χ0) is 17.3. The highest BCUT2D eigenvalue weighted by molar-refractivity contribution is 6.35. The second-order valence-electron chi connectivity index (χ2n) is 7.70. The van der Waals surface area contributed by atoms with Crippen molar-refractivity contribution >= 4 is 22.6 Å². The lowest BCUT2D eigenvalue weighted by molar-refractivity contribution is -0.151. The molecular weight excluding hydrogens is 300 g/mol. The molecule has 0 radical (unpaired) electrons. The van der Waals surface area contributed by atoms with E-state index in [4.69, 9.17) is 0 Å². The summed E-state index contributed by atoms with van der Waals surface area (Å²) in [6, 6.07) is 14.5. The molecule has 2 aromatic carbocycles. The average Bonchev–Trinajstić information content (AvgIpc) is 2.54. The maximum absolute atomic E-state index is 12.4. The summed E-state index contributed by atoms with van der Waals surface area (Å²) < 4.78 is 0. The first-order valence-electron chi connectivity index (χ1n) is 8.40. The van der Waals surface area contributed by atoms with Crippen molar-refractivity contribution in [2.24, 2.45) is 5.41 Å². The highest BCUT2D eigenvalue weighted by atomic mass is 16.2. The van der Waals surface area contributed by atoms with Gasteiger partial charge in [0.1, 0.15) is 0 Å². The van der Waals surface area contributed by atoms with Crippen LogP contribution in [0.4, 0.5) is 0 Å². The molecule has 0 saturated carbocycles. The highest BCUT2D eigenvalue weighted by Gasteiger charge is 2.36. The molecule has 0 bridgehead atoms. The van der Waals surface area contributed by atoms with Gasteiger partial charge in [0, 0.05) is 13.1 Å². The third-order valence-corrected chi connectivity index (χ3v) is 4.37. The van der Waals surface area contributed by atoms with Crippen molar-refractivity contribution < 1.29 is 9.59 Å². The van der Waals surface area contributed by atoms with Crippen molar-refractivity contribution in [3.63, 3.8) is 0 Å². The molecule has 126 valence electrons. The van der Waals surface area contributed by atoms with Crippen molar-refractivity contribution in [3.8, 4) is 0 Å². The van der Waals surface area contributed by atoms with Crippen molar-refractivity contribution in [1.29, 1.82) is 0 Å². The van der Waals surface area contributed by atoms with E-state index in [1.165, 1.54) is 16.3 Å². The number of hydrogen-bond donors (Lipinski definition) is 1. The molecule has 1 heterocycles. The largest absolute Gasteiger partial charge is 0.346 e. The summed E-state index contributed by atoms with van der Waals surface area (Å²) in [4.78, 5) is 25.9. The van der Waals surface area contributed by atoms with Crippen LogP contribution in [0.5, 0.6) is 0 Å². The molecule has 1 atom stereocenters. The van der Waals surface area contributed by atoms with Gasteiger partial charge in [0.2, 0.25) is 0 Å². The number of benzene rings is 2. The molecule has 1 N–H and O–H groups in total. The van der Waals surface area contributed by atoms with E-state index >= 15 is 0 Å². The number of fused-ring (bicyclic) bond motifs is 1. The Morgan fingerprint density at radius 2 is 1.79 bits per heavy atom. The maximum atomic E-state index is 12.4. The lowest BCUT2D eigenvalue weighted by Gasteiger charge is -2.39. The van der Waals surface area contributed by atoms with E-state index in [2.05, 4.69) is 56.4 Å². The van der Waals surface area contributed by atoms with E-state index in [0.29, 0.717) is 13.1 Å². The smallest absolute Gasteiger partial charge is 0.312 e. The molecule has 1 aliphatic rings. The van der Waals surface area contributed by atoms with E-state index in [1.54, 1.807) is 4.90 Å². The maximum Gasteiger partial charge on any atom is 0.312 e. The van der Waals surface area contributed by atoms with Gasteiger partial charge in [-0.05, 0) is 28.2 Å². The van der Waals surface area contributed by atoms with Crippen LogP contribution >= 0.6 is 0 Å². The second kappa shape index (κ2) is 6.27. The first-order chi connectivity index (χ1) is 11.3. The first kappa shape index (κ1) is 16.5. The van der Waals surface area contributed by atoms with Crippen molar-refractivity contribution in [2.45, 2.75) is 33.2 Å². The Hall–Kier alpha value is -2.36. The van der Waals surface area contributed by atoms with Gasteiger partial charge in [-0.3, -0.25) is 9.59 Å². The Morgan fingerprint density at radius 3 is 2.54 bits per heavy atom. The Bertz CT molecular complexity index is 771. The van der Waals surface area contributed by atoms with Gasteiger partial charge < -0.3 is 10.2 Å². The van der Waals surface area contributed by atoms with Crippen LogP contribution in [0.25, 0.3) is 10.8 Å². The monoisotopic (exact) mass is 324 g/mol. The number of carbonyl (C=O) groups is 2. The van der Waals surface area contributed by atoms with Gasteiger partial charge in [0.15, 0.2) is 0 Å². The van der Waals surface area contributed by atoms with Crippen LogP contribution in [-0.4, -0.2) is 35.8 Å². The zero-order valence-corrected chi connectivity index (χ0v) is 14.5. The fourth-order valence-corrected chi connectivity index (χ4v) is 3.31. The quantitative estimate of drug-likeness (QED) is 0.883. The van der Waals surface area contributed by atoms with E-state index in [1.807, 2.05) is 12.1 Å². The Balaban J connectivity index is 1.91. The van der Waals surface area contributed by atoms with Crippen LogP contribution in [-0.2, 0) is 16.0 Å². The Kier molecular flexibility index (Phi) is 4.31. The standard InChI is InChI=1S/C20H24N2O2/c1-20(2,3)13-22-16(12-21-18(23)19(22)24)11-15-9-6-8-14-7-4-5-10-17(14)15/h4-10,16H,11-13H2,1-3H3,(H,21,23)/t16-/m1/s1. The number of nitrogens with one attached hydrogen (secondary N) is 1.